The van der Waals surface area contributed by atoms with Crippen molar-refractivity contribution in [3.05, 3.63) is 61.1 Å². The van der Waals surface area contributed by atoms with E-state index in [0.29, 0.717) is 0 Å². The van der Waals surface area contributed by atoms with Gasteiger partial charge in [-0.15, -0.1) is 0 Å². The molecule has 0 saturated carbocycles. The molecule has 0 spiro atoms. The van der Waals surface area contributed by atoms with Gasteiger partial charge in [0.15, 0.2) is 24.5 Å². The first-order valence-corrected chi connectivity index (χ1v) is 12.7. The van der Waals surface area contributed by atoms with Gasteiger partial charge in [-0.2, -0.15) is 8.36 Å². The Morgan fingerprint density at radius 3 is 2.11 bits per heavy atom. The van der Waals surface area contributed by atoms with Crippen LogP contribution < -0.4 is 11.2 Å². The first-order valence-electron chi connectivity index (χ1n) is 10.5. The molecule has 0 unspecified atom stereocenters. The van der Waals surface area contributed by atoms with E-state index in [1.165, 1.54) is 0 Å². The Labute approximate surface area is 223 Å². The lowest BCUT2D eigenvalue weighted by atomic mass is 10.0. The van der Waals surface area contributed by atoms with E-state index in [9.17, 15) is 36.8 Å². The first-order chi connectivity index (χ1) is 17.6. The van der Waals surface area contributed by atoms with Crippen molar-refractivity contribution in [3.63, 3.8) is 0 Å². The van der Waals surface area contributed by atoms with Gasteiger partial charge in [-0.3, -0.25) is 19.2 Å². The number of nitrogens with zero attached hydrogens (tertiary/aromatic N) is 2. The Balaban J connectivity index is 2.23. The lowest BCUT2D eigenvalue weighted by Gasteiger charge is -2.40. The van der Waals surface area contributed by atoms with Crippen molar-refractivity contribution < 1.29 is 46.1 Å². The van der Waals surface area contributed by atoms with Crippen molar-refractivity contribution in [2.75, 3.05) is 6.61 Å². The summed E-state index contributed by atoms with van der Waals surface area (Å²) in [5, 5.41) is -0.200. The van der Waals surface area contributed by atoms with Crippen molar-refractivity contribution in [2.45, 2.75) is 50.2 Å². The number of hydrogen-bond acceptors (Lipinski definition) is 11. The van der Waals surface area contributed by atoms with Gasteiger partial charge in [-0.05, 0) is 18.2 Å². The van der Waals surface area contributed by atoms with Crippen LogP contribution in [0.5, 0.6) is 0 Å². The molecule has 206 valence electrons. The highest BCUT2D eigenvalue weighted by atomic mass is 35.5. The average Bonchev–Trinajstić information content (AvgIpc) is 2.80. The van der Waals surface area contributed by atoms with Gasteiger partial charge in [-0.1, -0.05) is 23.2 Å². The number of carbonyl (C=O) groups excluding carboxylic acids is 3. The summed E-state index contributed by atoms with van der Waals surface area (Å²) in [6, 6.07) is 3.01. The third-order valence-electron chi connectivity index (χ3n) is 5.07. The van der Waals surface area contributed by atoms with E-state index in [1.807, 2.05) is 0 Å². The molecule has 1 aliphatic heterocycles. The minimum absolute atomic E-state index is 0.00668. The number of halogens is 3. The number of benzene rings is 1. The minimum atomic E-state index is -4.87. The second-order valence-corrected chi connectivity index (χ2v) is 10.5. The van der Waals surface area contributed by atoms with E-state index in [-0.39, 0.29) is 24.8 Å². The van der Waals surface area contributed by atoms with Gasteiger partial charge in [0.05, 0.1) is 27.7 Å². The molecule has 0 N–H and O–H groups in total. The van der Waals surface area contributed by atoms with E-state index in [2.05, 4.69) is 0 Å². The normalized spacial score (nSPS) is 21.4. The Bertz CT molecular complexity index is 1520. The van der Waals surface area contributed by atoms with Crippen LogP contribution in [-0.2, 0) is 43.4 Å². The zero-order valence-electron chi connectivity index (χ0n) is 19.8. The standard InChI is InChI=1S/C21H19Cl2FN2O11S/c1-9(27)35-16-8-34-20(18(37-11(3)29)17(16)36-10(2)28)26-19(30)15(24)7-25(21(26)31)38(32,33)12-4-5-13(22)14(23)6-12/h4-7,16-18,20H,8H2,1-3H3/t16-,17+,18-,20-/m1/s1. The molecule has 0 amide bonds. The topological polar surface area (TPSA) is 166 Å². The zero-order valence-corrected chi connectivity index (χ0v) is 22.1. The Hall–Kier alpha value is -3.27. The molecule has 38 heavy (non-hydrogen) atoms. The van der Waals surface area contributed by atoms with Gasteiger partial charge in [0.1, 0.15) is 0 Å². The van der Waals surface area contributed by atoms with Crippen molar-refractivity contribution in [3.8, 4) is 0 Å². The largest absolute Gasteiger partial charge is 0.456 e. The lowest BCUT2D eigenvalue weighted by molar-refractivity contribution is -0.240. The summed E-state index contributed by atoms with van der Waals surface area (Å²) in [4.78, 5) is 60.7. The van der Waals surface area contributed by atoms with Gasteiger partial charge in [-0.25, -0.2) is 17.8 Å². The number of carbonyl (C=O) groups is 3. The fraction of sp³-hybridized carbons (Fsp3) is 0.381. The monoisotopic (exact) mass is 596 g/mol. The molecule has 0 radical (unpaired) electrons. The van der Waals surface area contributed by atoms with Crippen molar-refractivity contribution in [1.29, 1.82) is 0 Å². The third-order valence-corrected chi connectivity index (χ3v) is 7.44. The van der Waals surface area contributed by atoms with Crippen molar-refractivity contribution in [2.24, 2.45) is 0 Å². The highest BCUT2D eigenvalue weighted by molar-refractivity contribution is 7.90. The second-order valence-electron chi connectivity index (χ2n) is 7.83. The van der Waals surface area contributed by atoms with E-state index in [4.69, 9.17) is 42.1 Å². The van der Waals surface area contributed by atoms with Gasteiger partial charge in [0.25, 0.3) is 15.6 Å². The molecule has 13 nitrogen and oxygen atoms in total. The summed E-state index contributed by atoms with van der Waals surface area (Å²) in [7, 11) is -4.87. The fourth-order valence-electron chi connectivity index (χ4n) is 3.61. The van der Waals surface area contributed by atoms with Gasteiger partial charge >= 0.3 is 23.6 Å². The van der Waals surface area contributed by atoms with Crippen LogP contribution in [0.3, 0.4) is 0 Å². The summed E-state index contributed by atoms with van der Waals surface area (Å²) in [5.41, 5.74) is -3.28. The number of hydrogen-bond donors (Lipinski definition) is 0. The predicted molar refractivity (Wildman–Crippen MR) is 126 cm³/mol. The predicted octanol–water partition coefficient (Wildman–Crippen LogP) is 1.02. The fourth-order valence-corrected chi connectivity index (χ4v) is 5.23. The van der Waals surface area contributed by atoms with Gasteiger partial charge in [0, 0.05) is 20.8 Å². The molecular formula is C21H19Cl2FN2O11S. The molecule has 2 aromatic rings. The molecule has 4 atom stereocenters. The molecular weight excluding hydrogens is 578 g/mol. The van der Waals surface area contributed by atoms with E-state index < -0.39 is 81.0 Å². The van der Waals surface area contributed by atoms with Crippen LogP contribution >= 0.6 is 23.2 Å². The zero-order chi connectivity index (χ0) is 28.5. The maximum atomic E-state index is 14.8. The van der Waals surface area contributed by atoms with Crippen molar-refractivity contribution >= 4 is 51.1 Å². The summed E-state index contributed by atoms with van der Waals surface area (Å²) >= 11 is 11.7. The minimum Gasteiger partial charge on any atom is -0.456 e. The molecule has 0 aliphatic carbocycles. The third kappa shape index (κ3) is 5.90. The maximum Gasteiger partial charge on any atom is 0.347 e. The van der Waals surface area contributed by atoms with Gasteiger partial charge in [0.2, 0.25) is 5.82 Å². The maximum absolute atomic E-state index is 14.8. The number of aromatic nitrogens is 2. The van der Waals surface area contributed by atoms with Crippen LogP contribution in [0, 0.1) is 5.82 Å². The first kappa shape index (κ1) is 29.3. The average molecular weight is 597 g/mol. The molecule has 2 heterocycles. The Morgan fingerprint density at radius 2 is 1.55 bits per heavy atom. The molecule has 1 aromatic heterocycles. The molecule has 1 aliphatic rings. The van der Waals surface area contributed by atoms with Crippen LogP contribution in [0.25, 0.3) is 0 Å². The molecule has 3 rings (SSSR count). The molecule has 0 bridgehead atoms. The Morgan fingerprint density at radius 1 is 0.974 bits per heavy atom. The smallest absolute Gasteiger partial charge is 0.347 e. The lowest BCUT2D eigenvalue weighted by Crippen LogP contribution is -2.59. The van der Waals surface area contributed by atoms with E-state index >= 15 is 0 Å². The SMILES string of the molecule is CC(=O)O[C@@H]1[C@@H](OC(C)=O)[C@H](OC(C)=O)CO[C@H]1n1c(=O)c(F)cn(S(=O)(=O)c2ccc(Cl)c(Cl)c2)c1=O. The van der Waals surface area contributed by atoms with Crippen LogP contribution in [0.2, 0.25) is 10.0 Å². The second kappa shape index (κ2) is 11.2. The molecule has 1 fully saturated rings. The van der Waals surface area contributed by atoms with Crippen molar-refractivity contribution in [1.82, 2.24) is 8.54 Å². The van der Waals surface area contributed by atoms with Crippen LogP contribution in [0.4, 0.5) is 4.39 Å². The summed E-state index contributed by atoms with van der Waals surface area (Å²) in [6.07, 6.45) is -6.73. The molecule has 1 saturated heterocycles. The van der Waals surface area contributed by atoms with E-state index in [0.717, 1.165) is 39.0 Å². The number of ether oxygens (including phenoxy) is 4. The number of esters is 3. The van der Waals surface area contributed by atoms with Crippen LogP contribution in [-0.4, -0.2) is 59.8 Å². The summed E-state index contributed by atoms with van der Waals surface area (Å²) in [5.74, 6) is -4.49. The summed E-state index contributed by atoms with van der Waals surface area (Å²) < 4.78 is 61.9. The highest BCUT2D eigenvalue weighted by Gasteiger charge is 2.49. The number of rotatable bonds is 6. The van der Waals surface area contributed by atoms with Crippen LogP contribution in [0.1, 0.15) is 27.0 Å². The highest BCUT2D eigenvalue weighted by Crippen LogP contribution is 2.30. The molecule has 1 aromatic carbocycles. The Kier molecular flexibility index (Phi) is 8.65. The van der Waals surface area contributed by atoms with E-state index in [1.54, 1.807) is 0 Å². The quantitative estimate of drug-likeness (QED) is 0.345. The molecule has 17 heteroatoms. The van der Waals surface area contributed by atoms with Gasteiger partial charge < -0.3 is 18.9 Å². The van der Waals surface area contributed by atoms with Crippen LogP contribution in [0.15, 0.2) is 38.9 Å². The summed E-state index contributed by atoms with van der Waals surface area (Å²) in [6.45, 7) is 2.31.